The van der Waals surface area contributed by atoms with Gasteiger partial charge in [0.15, 0.2) is 0 Å². The minimum atomic E-state index is -0.213. The summed E-state index contributed by atoms with van der Waals surface area (Å²) in [6.45, 7) is 1.59. The fraction of sp³-hybridized carbons (Fsp3) is 0.0909. The third-order valence-electron chi connectivity index (χ3n) is 4.56. The predicted octanol–water partition coefficient (Wildman–Crippen LogP) is 4.62. The van der Waals surface area contributed by atoms with Crippen LogP contribution in [0.4, 0.5) is 5.69 Å². The SMILES string of the molecule is O=C(N/N=C/c1ccccc1)c1ccc2c(c1)CN(c1ccc(Cl)cc1)C2. The van der Waals surface area contributed by atoms with Gasteiger partial charge < -0.3 is 4.90 Å². The van der Waals surface area contributed by atoms with Gasteiger partial charge in [0, 0.05) is 29.4 Å². The van der Waals surface area contributed by atoms with E-state index < -0.39 is 0 Å². The van der Waals surface area contributed by atoms with Crippen molar-refractivity contribution in [1.29, 1.82) is 0 Å². The summed E-state index contributed by atoms with van der Waals surface area (Å²) in [5.41, 5.74) is 7.64. The number of hydrazone groups is 1. The van der Waals surface area contributed by atoms with Gasteiger partial charge >= 0.3 is 0 Å². The Morgan fingerprint density at radius 2 is 1.70 bits per heavy atom. The number of anilines is 1. The number of nitrogens with one attached hydrogen (secondary N) is 1. The lowest BCUT2D eigenvalue weighted by molar-refractivity contribution is 0.0955. The molecule has 5 heteroatoms. The minimum absolute atomic E-state index is 0.213. The first-order valence-electron chi connectivity index (χ1n) is 8.70. The van der Waals surface area contributed by atoms with E-state index in [0.717, 1.165) is 34.9 Å². The van der Waals surface area contributed by atoms with Crippen LogP contribution in [0.25, 0.3) is 0 Å². The summed E-state index contributed by atoms with van der Waals surface area (Å²) >= 11 is 5.97. The Bertz CT molecular complexity index is 984. The van der Waals surface area contributed by atoms with E-state index in [-0.39, 0.29) is 5.91 Å². The molecular weight excluding hydrogens is 358 g/mol. The molecular formula is C22H18ClN3O. The van der Waals surface area contributed by atoms with Gasteiger partial charge in [0.2, 0.25) is 0 Å². The van der Waals surface area contributed by atoms with Crippen molar-refractivity contribution < 1.29 is 4.79 Å². The standard InChI is InChI=1S/C22H18ClN3O/c23-20-8-10-21(11-9-20)26-14-18-7-6-17(12-19(18)15-26)22(27)25-24-13-16-4-2-1-3-5-16/h1-13H,14-15H2,(H,25,27)/b24-13+. The van der Waals surface area contributed by atoms with E-state index in [1.807, 2.05) is 72.8 Å². The summed E-state index contributed by atoms with van der Waals surface area (Å²) in [4.78, 5) is 14.6. The fourth-order valence-corrected chi connectivity index (χ4v) is 3.27. The Hall–Kier alpha value is -3.11. The number of halogens is 1. The van der Waals surface area contributed by atoms with Gasteiger partial charge in [0.05, 0.1) is 6.21 Å². The Labute approximate surface area is 163 Å². The van der Waals surface area contributed by atoms with Crippen LogP contribution in [0.1, 0.15) is 27.0 Å². The summed E-state index contributed by atoms with van der Waals surface area (Å²) in [7, 11) is 0. The maximum atomic E-state index is 12.4. The zero-order valence-corrected chi connectivity index (χ0v) is 15.4. The highest BCUT2D eigenvalue weighted by atomic mass is 35.5. The molecule has 0 radical (unpaired) electrons. The second-order valence-corrected chi connectivity index (χ2v) is 6.86. The molecule has 3 aromatic carbocycles. The first-order chi connectivity index (χ1) is 13.2. The van der Waals surface area contributed by atoms with E-state index in [1.165, 1.54) is 5.56 Å². The van der Waals surface area contributed by atoms with E-state index >= 15 is 0 Å². The Morgan fingerprint density at radius 1 is 0.963 bits per heavy atom. The molecule has 0 aromatic heterocycles. The third-order valence-corrected chi connectivity index (χ3v) is 4.81. The molecule has 0 saturated carbocycles. The van der Waals surface area contributed by atoms with Crippen LogP contribution < -0.4 is 10.3 Å². The third kappa shape index (κ3) is 4.01. The summed E-state index contributed by atoms with van der Waals surface area (Å²) < 4.78 is 0. The molecule has 1 aliphatic rings. The normalized spacial score (nSPS) is 13.0. The van der Waals surface area contributed by atoms with Crippen LogP contribution >= 0.6 is 11.6 Å². The van der Waals surface area contributed by atoms with Crippen LogP contribution in [-0.2, 0) is 13.1 Å². The molecule has 0 spiro atoms. The van der Waals surface area contributed by atoms with Gasteiger partial charge in [-0.3, -0.25) is 4.79 Å². The van der Waals surface area contributed by atoms with Crippen molar-refractivity contribution in [3.8, 4) is 0 Å². The molecule has 0 unspecified atom stereocenters. The first-order valence-corrected chi connectivity index (χ1v) is 9.07. The number of rotatable bonds is 4. The number of fused-ring (bicyclic) bond motifs is 1. The van der Waals surface area contributed by atoms with Crippen molar-refractivity contribution in [1.82, 2.24) is 5.43 Å². The summed E-state index contributed by atoms with van der Waals surface area (Å²) in [5.74, 6) is -0.213. The molecule has 0 saturated heterocycles. The number of amides is 1. The van der Waals surface area contributed by atoms with Gasteiger partial charge in [0.25, 0.3) is 5.91 Å². The number of carbonyl (C=O) groups is 1. The van der Waals surface area contributed by atoms with E-state index in [0.29, 0.717) is 5.56 Å². The van der Waals surface area contributed by atoms with E-state index in [2.05, 4.69) is 15.4 Å². The Balaban J connectivity index is 1.43. The van der Waals surface area contributed by atoms with Crippen LogP contribution in [0.2, 0.25) is 5.02 Å². The summed E-state index contributed by atoms with van der Waals surface area (Å²) in [5, 5.41) is 4.76. The van der Waals surface area contributed by atoms with Crippen LogP contribution in [0.3, 0.4) is 0 Å². The number of nitrogens with zero attached hydrogens (tertiary/aromatic N) is 2. The molecule has 1 amide bonds. The van der Waals surface area contributed by atoms with Crippen LogP contribution in [0.15, 0.2) is 77.9 Å². The fourth-order valence-electron chi connectivity index (χ4n) is 3.14. The van der Waals surface area contributed by atoms with Crippen molar-refractivity contribution in [3.05, 3.63) is 100 Å². The number of hydrogen-bond donors (Lipinski definition) is 1. The molecule has 1 heterocycles. The van der Waals surface area contributed by atoms with E-state index in [1.54, 1.807) is 6.21 Å². The number of benzene rings is 3. The second-order valence-electron chi connectivity index (χ2n) is 6.43. The summed E-state index contributed by atoms with van der Waals surface area (Å²) in [6, 6.07) is 23.3. The van der Waals surface area contributed by atoms with Gasteiger partial charge in [-0.1, -0.05) is 48.0 Å². The van der Waals surface area contributed by atoms with Crippen molar-refractivity contribution in [2.45, 2.75) is 13.1 Å². The average Bonchev–Trinajstić information content (AvgIpc) is 3.12. The molecule has 4 nitrogen and oxygen atoms in total. The topological polar surface area (TPSA) is 44.7 Å². The molecule has 0 bridgehead atoms. The zero-order chi connectivity index (χ0) is 18.6. The van der Waals surface area contributed by atoms with Gasteiger partial charge in [-0.25, -0.2) is 5.43 Å². The summed E-state index contributed by atoms with van der Waals surface area (Å²) in [6.07, 6.45) is 1.63. The van der Waals surface area contributed by atoms with Crippen LogP contribution in [0.5, 0.6) is 0 Å². The molecule has 1 aliphatic heterocycles. The maximum absolute atomic E-state index is 12.4. The highest BCUT2D eigenvalue weighted by Crippen LogP contribution is 2.29. The van der Waals surface area contributed by atoms with Crippen LogP contribution in [-0.4, -0.2) is 12.1 Å². The molecule has 4 rings (SSSR count). The number of carbonyl (C=O) groups excluding carboxylic acids is 1. The Morgan fingerprint density at radius 3 is 2.48 bits per heavy atom. The lowest BCUT2D eigenvalue weighted by Gasteiger charge is -2.17. The van der Waals surface area contributed by atoms with Gasteiger partial charge in [-0.2, -0.15) is 5.10 Å². The van der Waals surface area contributed by atoms with Gasteiger partial charge in [-0.05, 0) is 53.1 Å². The molecule has 3 aromatic rings. The van der Waals surface area contributed by atoms with E-state index in [4.69, 9.17) is 11.6 Å². The zero-order valence-electron chi connectivity index (χ0n) is 14.6. The molecule has 1 N–H and O–H groups in total. The monoisotopic (exact) mass is 375 g/mol. The second kappa shape index (κ2) is 7.64. The molecule has 134 valence electrons. The van der Waals surface area contributed by atoms with Crippen LogP contribution in [0, 0.1) is 0 Å². The smallest absolute Gasteiger partial charge is 0.271 e. The first kappa shape index (κ1) is 17.3. The number of hydrogen-bond acceptors (Lipinski definition) is 3. The largest absolute Gasteiger partial charge is 0.363 e. The predicted molar refractivity (Wildman–Crippen MR) is 109 cm³/mol. The van der Waals surface area contributed by atoms with Gasteiger partial charge in [-0.15, -0.1) is 0 Å². The highest BCUT2D eigenvalue weighted by molar-refractivity contribution is 6.30. The highest BCUT2D eigenvalue weighted by Gasteiger charge is 2.20. The molecule has 0 fully saturated rings. The maximum Gasteiger partial charge on any atom is 0.271 e. The van der Waals surface area contributed by atoms with Crippen molar-refractivity contribution in [2.75, 3.05) is 4.90 Å². The molecule has 0 atom stereocenters. The average molecular weight is 376 g/mol. The van der Waals surface area contributed by atoms with Crippen molar-refractivity contribution in [3.63, 3.8) is 0 Å². The quantitative estimate of drug-likeness (QED) is 0.534. The Kier molecular flexibility index (Phi) is 4.90. The lowest BCUT2D eigenvalue weighted by Crippen LogP contribution is -2.17. The van der Waals surface area contributed by atoms with Crippen molar-refractivity contribution in [2.24, 2.45) is 5.10 Å². The molecule has 27 heavy (non-hydrogen) atoms. The lowest BCUT2D eigenvalue weighted by atomic mass is 10.1. The molecule has 0 aliphatic carbocycles. The van der Waals surface area contributed by atoms with E-state index in [9.17, 15) is 4.79 Å². The minimum Gasteiger partial charge on any atom is -0.363 e. The van der Waals surface area contributed by atoms with Gasteiger partial charge in [0.1, 0.15) is 0 Å². The van der Waals surface area contributed by atoms with Crippen molar-refractivity contribution >= 4 is 29.4 Å².